The molecule has 1 spiro atoms. The van der Waals surface area contributed by atoms with Crippen LogP contribution in [0.4, 0.5) is 18.0 Å². The molecule has 1 atom stereocenters. The predicted molar refractivity (Wildman–Crippen MR) is 155 cm³/mol. The van der Waals surface area contributed by atoms with Gasteiger partial charge < -0.3 is 24.2 Å². The molecule has 3 aliphatic heterocycles. The number of carbonyl (C=O) groups excluding carboxylic acids is 2. The van der Waals surface area contributed by atoms with Gasteiger partial charge >= 0.3 is 18.2 Å². The largest absolute Gasteiger partial charge is 0.490 e. The monoisotopic (exact) mass is 612 g/mol. The SMILES string of the molecule is CCCCC1N(CC2CCCCC2)C(=O)OC12CCN(C1CCN(C(=O)c3cccn3C)CC1)CC2.O=C(O)C(F)(F)F. The van der Waals surface area contributed by atoms with E-state index in [1.165, 1.54) is 32.1 Å². The molecular formula is C31H47F3N4O5. The average Bonchev–Trinajstić information content (AvgIpc) is 3.52. The van der Waals surface area contributed by atoms with Crippen molar-refractivity contribution < 1.29 is 37.4 Å². The Morgan fingerprint density at radius 2 is 1.67 bits per heavy atom. The molecule has 3 saturated heterocycles. The summed E-state index contributed by atoms with van der Waals surface area (Å²) in [5, 5.41) is 7.12. The van der Waals surface area contributed by atoms with E-state index in [-0.39, 0.29) is 23.6 Å². The van der Waals surface area contributed by atoms with Gasteiger partial charge in [0.05, 0.1) is 6.04 Å². The third-order valence-corrected chi connectivity index (χ3v) is 9.84. The van der Waals surface area contributed by atoms with E-state index < -0.39 is 12.1 Å². The highest BCUT2D eigenvalue weighted by molar-refractivity contribution is 5.92. The topological polar surface area (TPSA) is 95.3 Å². The number of aromatic nitrogens is 1. The smallest absolute Gasteiger partial charge is 0.475 e. The fourth-order valence-electron chi connectivity index (χ4n) is 7.36. The van der Waals surface area contributed by atoms with Crippen LogP contribution in [0.3, 0.4) is 0 Å². The molecular weight excluding hydrogens is 565 g/mol. The van der Waals surface area contributed by atoms with Crippen molar-refractivity contribution in [1.82, 2.24) is 19.3 Å². The third-order valence-electron chi connectivity index (χ3n) is 9.84. The van der Waals surface area contributed by atoms with Crippen molar-refractivity contribution in [2.24, 2.45) is 13.0 Å². The van der Waals surface area contributed by atoms with Gasteiger partial charge in [-0.25, -0.2) is 9.59 Å². The van der Waals surface area contributed by atoms with Crippen LogP contribution >= 0.6 is 0 Å². The van der Waals surface area contributed by atoms with Crippen molar-refractivity contribution in [3.05, 3.63) is 24.0 Å². The molecule has 1 aliphatic carbocycles. The molecule has 5 rings (SSSR count). The number of piperidine rings is 2. The number of rotatable bonds is 7. The molecule has 4 heterocycles. The highest BCUT2D eigenvalue weighted by atomic mass is 19.4. The molecule has 43 heavy (non-hydrogen) atoms. The summed E-state index contributed by atoms with van der Waals surface area (Å²) in [5.41, 5.74) is 0.466. The predicted octanol–water partition coefficient (Wildman–Crippen LogP) is 5.69. The minimum Gasteiger partial charge on any atom is -0.475 e. The Morgan fingerprint density at radius 3 is 2.21 bits per heavy atom. The van der Waals surface area contributed by atoms with E-state index in [4.69, 9.17) is 14.6 Å². The summed E-state index contributed by atoms with van der Waals surface area (Å²) in [6.45, 7) is 6.76. The van der Waals surface area contributed by atoms with E-state index in [0.717, 1.165) is 83.4 Å². The van der Waals surface area contributed by atoms with Crippen molar-refractivity contribution in [2.75, 3.05) is 32.7 Å². The number of nitrogens with zero attached hydrogens (tertiary/aromatic N) is 4. The van der Waals surface area contributed by atoms with Crippen LogP contribution < -0.4 is 0 Å². The normalized spacial score (nSPS) is 23.7. The van der Waals surface area contributed by atoms with Gasteiger partial charge in [0.15, 0.2) is 0 Å². The maximum absolute atomic E-state index is 13.2. The second-order valence-electron chi connectivity index (χ2n) is 12.6. The molecule has 4 fully saturated rings. The van der Waals surface area contributed by atoms with Crippen molar-refractivity contribution in [2.45, 2.75) is 108 Å². The number of aliphatic carboxylic acids is 1. The minimum atomic E-state index is -5.08. The van der Waals surface area contributed by atoms with Crippen LogP contribution in [0.1, 0.15) is 94.5 Å². The van der Waals surface area contributed by atoms with Crippen LogP contribution in [-0.2, 0) is 16.6 Å². The van der Waals surface area contributed by atoms with Crippen LogP contribution in [-0.4, -0.2) is 98.9 Å². The lowest BCUT2D eigenvalue weighted by atomic mass is 9.80. The Morgan fingerprint density at radius 1 is 1.05 bits per heavy atom. The van der Waals surface area contributed by atoms with E-state index in [1.54, 1.807) is 0 Å². The molecule has 1 aromatic rings. The number of hydrogen-bond acceptors (Lipinski definition) is 5. The zero-order valence-electron chi connectivity index (χ0n) is 25.5. The number of hydrogen-bond donors (Lipinski definition) is 1. The Balaban J connectivity index is 0.000000541. The average molecular weight is 613 g/mol. The Kier molecular flexibility index (Phi) is 11.1. The lowest BCUT2D eigenvalue weighted by molar-refractivity contribution is -0.192. The maximum atomic E-state index is 13.2. The highest BCUT2D eigenvalue weighted by Crippen LogP contribution is 2.43. The van der Waals surface area contributed by atoms with Crippen LogP contribution in [0.5, 0.6) is 0 Å². The number of carboxylic acids is 1. The number of amides is 2. The number of halogens is 3. The number of alkyl halides is 3. The second kappa shape index (κ2) is 14.3. The van der Waals surface area contributed by atoms with Gasteiger partial charge in [-0.1, -0.05) is 39.0 Å². The zero-order chi connectivity index (χ0) is 31.2. The zero-order valence-corrected chi connectivity index (χ0v) is 25.5. The molecule has 1 aromatic heterocycles. The van der Waals surface area contributed by atoms with Crippen LogP contribution in [0.15, 0.2) is 18.3 Å². The van der Waals surface area contributed by atoms with Crippen LogP contribution in [0, 0.1) is 5.92 Å². The quantitative estimate of drug-likeness (QED) is 0.425. The first kappa shape index (κ1) is 33.1. The molecule has 0 aromatic carbocycles. The first-order valence-electron chi connectivity index (χ1n) is 15.9. The van der Waals surface area contributed by atoms with Gasteiger partial charge in [-0.15, -0.1) is 0 Å². The lowest BCUT2D eigenvalue weighted by Gasteiger charge is -2.46. The molecule has 0 bridgehead atoms. The fraction of sp³-hybridized carbons (Fsp3) is 0.774. The molecule has 1 saturated carbocycles. The summed E-state index contributed by atoms with van der Waals surface area (Å²) < 4.78 is 39.9. The van der Waals surface area contributed by atoms with Gasteiger partial charge in [0, 0.05) is 64.9 Å². The van der Waals surface area contributed by atoms with E-state index in [2.05, 4.69) is 16.7 Å². The summed E-state index contributed by atoms with van der Waals surface area (Å²) in [6, 6.07) is 4.60. The number of carboxylic acid groups (broad SMARTS) is 1. The van der Waals surface area contributed by atoms with Crippen LogP contribution in [0.25, 0.3) is 0 Å². The number of likely N-dealkylation sites (tertiary alicyclic amines) is 2. The maximum Gasteiger partial charge on any atom is 0.490 e. The number of carbonyl (C=O) groups is 3. The minimum absolute atomic E-state index is 0.0531. The molecule has 12 heteroatoms. The summed E-state index contributed by atoms with van der Waals surface area (Å²) in [4.78, 5) is 41.7. The van der Waals surface area contributed by atoms with E-state index >= 15 is 0 Å². The molecule has 242 valence electrons. The number of unbranched alkanes of at least 4 members (excludes halogenated alkanes) is 1. The van der Waals surface area contributed by atoms with Crippen molar-refractivity contribution in [3.8, 4) is 0 Å². The van der Waals surface area contributed by atoms with E-state index in [0.29, 0.717) is 12.0 Å². The van der Waals surface area contributed by atoms with Gasteiger partial charge in [-0.3, -0.25) is 9.69 Å². The summed E-state index contributed by atoms with van der Waals surface area (Å²) in [5.74, 6) is -1.96. The summed E-state index contributed by atoms with van der Waals surface area (Å²) in [6.07, 6.45) is 10.6. The summed E-state index contributed by atoms with van der Waals surface area (Å²) in [7, 11) is 1.93. The van der Waals surface area contributed by atoms with Gasteiger partial charge in [-0.05, 0) is 50.2 Å². The highest BCUT2D eigenvalue weighted by Gasteiger charge is 2.55. The molecule has 4 aliphatic rings. The van der Waals surface area contributed by atoms with Crippen molar-refractivity contribution in [1.29, 1.82) is 0 Å². The Labute approximate surface area is 252 Å². The lowest BCUT2D eigenvalue weighted by Crippen LogP contribution is -2.56. The van der Waals surface area contributed by atoms with Crippen LogP contribution in [0.2, 0.25) is 0 Å². The van der Waals surface area contributed by atoms with E-state index in [9.17, 15) is 22.8 Å². The number of aryl methyl sites for hydroxylation is 1. The van der Waals surface area contributed by atoms with Crippen molar-refractivity contribution >= 4 is 18.0 Å². The molecule has 9 nitrogen and oxygen atoms in total. The third kappa shape index (κ3) is 8.05. The molecule has 2 amide bonds. The first-order valence-corrected chi connectivity index (χ1v) is 15.9. The van der Waals surface area contributed by atoms with Gasteiger partial charge in [0.2, 0.25) is 0 Å². The fourth-order valence-corrected chi connectivity index (χ4v) is 7.36. The van der Waals surface area contributed by atoms with Gasteiger partial charge in [0.1, 0.15) is 11.3 Å². The molecule has 1 N–H and O–H groups in total. The Hall–Kier alpha value is -2.76. The summed E-state index contributed by atoms with van der Waals surface area (Å²) >= 11 is 0. The Bertz CT molecular complexity index is 1090. The molecule has 0 radical (unpaired) electrons. The first-order chi connectivity index (χ1) is 20.4. The standard InChI is InChI=1S/C29H46N4O3.C2HF3O2/c1-3-4-12-26-29(36-28(35)33(26)22-23-9-6-5-7-10-23)15-20-31(21-16-29)24-13-18-32(19-14-24)27(34)25-11-8-17-30(25)2;3-2(4,5)1(6)7/h8,11,17,23-24,26H,3-7,9-10,12-16,18-22H2,1-2H3;(H,6,7). The van der Waals surface area contributed by atoms with Crippen molar-refractivity contribution in [3.63, 3.8) is 0 Å². The van der Waals surface area contributed by atoms with Gasteiger partial charge in [0.25, 0.3) is 5.91 Å². The second-order valence-corrected chi connectivity index (χ2v) is 12.6. The number of ether oxygens (including phenoxy) is 1. The molecule has 1 unspecified atom stereocenters. The van der Waals surface area contributed by atoms with E-state index in [1.807, 2.05) is 34.8 Å². The van der Waals surface area contributed by atoms with Gasteiger partial charge in [-0.2, -0.15) is 13.2 Å².